The lowest BCUT2D eigenvalue weighted by Gasteiger charge is -2.10. The number of nitrogens with one attached hydrogen (secondary N) is 2. The van der Waals surface area contributed by atoms with E-state index in [4.69, 9.17) is 0 Å². The second-order valence-corrected chi connectivity index (χ2v) is 9.73. The Morgan fingerprint density at radius 2 is 1.96 bits per heavy atom. The number of amides is 1. The number of fused-ring (bicyclic) bond motifs is 1. The van der Waals surface area contributed by atoms with Crippen LogP contribution in [0.5, 0.6) is 0 Å². The van der Waals surface area contributed by atoms with Crippen LogP contribution in [0.1, 0.15) is 47.4 Å². The zero-order chi connectivity index (χ0) is 19.4. The van der Waals surface area contributed by atoms with Gasteiger partial charge in [-0.25, -0.2) is 18.1 Å². The third-order valence-electron chi connectivity index (χ3n) is 4.62. The first-order valence-electron chi connectivity index (χ1n) is 9.20. The first kappa shape index (κ1) is 20.0. The number of sulfonamides is 1. The van der Waals surface area contributed by atoms with E-state index < -0.39 is 10.0 Å². The first-order chi connectivity index (χ1) is 12.8. The predicted molar refractivity (Wildman–Crippen MR) is 108 cm³/mol. The molecule has 0 fully saturated rings. The molecule has 8 heteroatoms. The lowest BCUT2D eigenvalue weighted by Crippen LogP contribution is -2.28. The summed E-state index contributed by atoms with van der Waals surface area (Å²) < 4.78 is 27.4. The van der Waals surface area contributed by atoms with Crippen molar-refractivity contribution in [3.63, 3.8) is 0 Å². The van der Waals surface area contributed by atoms with Crippen LogP contribution in [0.4, 0.5) is 5.13 Å². The van der Waals surface area contributed by atoms with Crippen molar-refractivity contribution in [3.8, 4) is 0 Å². The Morgan fingerprint density at radius 1 is 1.19 bits per heavy atom. The summed E-state index contributed by atoms with van der Waals surface area (Å²) in [6, 6.07) is 5.29. The lowest BCUT2D eigenvalue weighted by molar-refractivity contribution is -0.116. The van der Waals surface area contributed by atoms with Crippen molar-refractivity contribution in [2.24, 2.45) is 0 Å². The van der Waals surface area contributed by atoms with Gasteiger partial charge in [0.1, 0.15) is 0 Å². The van der Waals surface area contributed by atoms with E-state index in [2.05, 4.69) is 15.0 Å². The zero-order valence-electron chi connectivity index (χ0n) is 15.7. The molecule has 1 heterocycles. The van der Waals surface area contributed by atoms with Crippen LogP contribution in [0.15, 0.2) is 23.1 Å². The second-order valence-electron chi connectivity index (χ2n) is 6.91. The third-order valence-corrected chi connectivity index (χ3v) is 7.30. The molecule has 1 aromatic carbocycles. The Bertz CT molecular complexity index is 912. The number of benzene rings is 1. The van der Waals surface area contributed by atoms with E-state index in [-0.39, 0.29) is 23.8 Å². The van der Waals surface area contributed by atoms with E-state index >= 15 is 0 Å². The number of aromatic nitrogens is 1. The summed E-state index contributed by atoms with van der Waals surface area (Å²) in [5, 5.41) is 3.41. The summed E-state index contributed by atoms with van der Waals surface area (Å²) in [6.07, 6.45) is 5.60. The Kier molecular flexibility index (Phi) is 6.29. The highest BCUT2D eigenvalue weighted by Crippen LogP contribution is 2.28. The van der Waals surface area contributed by atoms with Gasteiger partial charge in [0.15, 0.2) is 5.13 Å². The van der Waals surface area contributed by atoms with Crippen molar-refractivity contribution in [2.75, 3.05) is 11.9 Å². The van der Waals surface area contributed by atoms with Crippen molar-refractivity contribution in [1.82, 2.24) is 9.71 Å². The molecule has 0 radical (unpaired) electrons. The quantitative estimate of drug-likeness (QED) is 0.719. The van der Waals surface area contributed by atoms with Gasteiger partial charge in [0, 0.05) is 17.8 Å². The molecule has 1 aromatic heterocycles. The fourth-order valence-corrected chi connectivity index (χ4v) is 5.56. The summed E-state index contributed by atoms with van der Waals surface area (Å²) in [5.41, 5.74) is 2.66. The van der Waals surface area contributed by atoms with Gasteiger partial charge in [-0.1, -0.05) is 18.6 Å². The molecule has 0 saturated carbocycles. The normalized spacial score (nSPS) is 14.4. The van der Waals surface area contributed by atoms with Crippen molar-refractivity contribution in [2.45, 2.75) is 57.3 Å². The van der Waals surface area contributed by atoms with Crippen LogP contribution >= 0.6 is 11.3 Å². The second kappa shape index (κ2) is 8.50. The number of nitrogens with zero attached hydrogens (tertiary/aromatic N) is 1. The Hall–Kier alpha value is -1.77. The first-order valence-corrected chi connectivity index (χ1v) is 11.5. The van der Waals surface area contributed by atoms with Gasteiger partial charge in [0.05, 0.1) is 10.6 Å². The number of hydrogen-bond donors (Lipinski definition) is 2. The highest BCUT2D eigenvalue weighted by Gasteiger charge is 2.18. The van der Waals surface area contributed by atoms with Crippen molar-refractivity contribution in [3.05, 3.63) is 39.9 Å². The maximum atomic E-state index is 12.5. The van der Waals surface area contributed by atoms with Crippen molar-refractivity contribution in [1.29, 1.82) is 0 Å². The third kappa shape index (κ3) is 5.15. The molecule has 0 saturated heterocycles. The molecular formula is C19H25N3O3S2. The summed E-state index contributed by atoms with van der Waals surface area (Å²) >= 11 is 1.53. The molecule has 2 N–H and O–H groups in total. The Morgan fingerprint density at radius 3 is 2.78 bits per heavy atom. The summed E-state index contributed by atoms with van der Waals surface area (Å²) in [4.78, 5) is 18.2. The molecule has 0 bridgehead atoms. The Balaban J connectivity index is 1.54. The molecule has 3 rings (SSSR count). The van der Waals surface area contributed by atoms with Crippen LogP contribution in [-0.2, 0) is 27.7 Å². The standard InChI is InChI=1S/C19H25N3O3S2/c1-13-8-9-14(2)17(12-13)27(24,25)20-11-10-18(23)22-19-21-15-6-4-3-5-7-16(15)26-19/h8-9,12,20H,3-7,10-11H2,1-2H3,(H,21,22,23). The molecule has 146 valence electrons. The smallest absolute Gasteiger partial charge is 0.240 e. The number of hydrogen-bond acceptors (Lipinski definition) is 5. The van der Waals surface area contributed by atoms with Gasteiger partial charge in [-0.2, -0.15) is 0 Å². The van der Waals surface area contributed by atoms with E-state index in [0.29, 0.717) is 10.7 Å². The molecule has 6 nitrogen and oxygen atoms in total. The summed E-state index contributed by atoms with van der Waals surface area (Å²) in [5.74, 6) is -0.234. The average Bonchev–Trinajstić information content (AvgIpc) is 2.84. The minimum absolute atomic E-state index is 0.0483. The fourth-order valence-electron chi connectivity index (χ4n) is 3.14. The number of aryl methyl sites for hydroxylation is 4. The van der Waals surface area contributed by atoms with Crippen molar-refractivity contribution >= 4 is 32.4 Å². The predicted octanol–water partition coefficient (Wildman–Crippen LogP) is 3.34. The van der Waals surface area contributed by atoms with Crippen LogP contribution < -0.4 is 10.0 Å². The van der Waals surface area contributed by atoms with Crippen molar-refractivity contribution < 1.29 is 13.2 Å². The van der Waals surface area contributed by atoms with E-state index in [1.807, 2.05) is 13.0 Å². The SMILES string of the molecule is Cc1ccc(C)c(S(=O)(=O)NCCC(=O)Nc2nc3c(s2)CCCCC3)c1. The van der Waals surface area contributed by atoms with Crippen LogP contribution in [0.2, 0.25) is 0 Å². The highest BCUT2D eigenvalue weighted by molar-refractivity contribution is 7.89. The Labute approximate surface area is 164 Å². The van der Waals surface area contributed by atoms with E-state index in [1.54, 1.807) is 19.1 Å². The maximum absolute atomic E-state index is 12.5. The molecule has 27 heavy (non-hydrogen) atoms. The highest BCUT2D eigenvalue weighted by atomic mass is 32.2. The number of anilines is 1. The summed E-state index contributed by atoms with van der Waals surface area (Å²) in [6.45, 7) is 3.65. The minimum Gasteiger partial charge on any atom is -0.302 e. The average molecular weight is 408 g/mol. The molecule has 0 spiro atoms. The number of carbonyl (C=O) groups is 1. The van der Waals surface area contributed by atoms with Gasteiger partial charge in [0.25, 0.3) is 0 Å². The largest absolute Gasteiger partial charge is 0.302 e. The van der Waals surface area contributed by atoms with Crippen LogP contribution in [-0.4, -0.2) is 25.9 Å². The zero-order valence-corrected chi connectivity index (χ0v) is 17.3. The molecule has 1 aliphatic rings. The molecule has 2 aromatic rings. The van der Waals surface area contributed by atoms with Crippen LogP contribution in [0.25, 0.3) is 0 Å². The lowest BCUT2D eigenvalue weighted by atomic mass is 10.2. The summed E-state index contributed by atoms with van der Waals surface area (Å²) in [7, 11) is -3.63. The van der Waals surface area contributed by atoms with E-state index in [9.17, 15) is 13.2 Å². The van der Waals surface area contributed by atoms with E-state index in [1.165, 1.54) is 29.1 Å². The monoisotopic (exact) mass is 407 g/mol. The van der Waals surface area contributed by atoms with Gasteiger partial charge in [0.2, 0.25) is 15.9 Å². The number of carbonyl (C=O) groups excluding carboxylic acids is 1. The van der Waals surface area contributed by atoms with Crippen LogP contribution in [0, 0.1) is 13.8 Å². The van der Waals surface area contributed by atoms with Gasteiger partial charge in [-0.3, -0.25) is 4.79 Å². The number of rotatable bonds is 6. The topological polar surface area (TPSA) is 88.2 Å². The van der Waals surface area contributed by atoms with Gasteiger partial charge >= 0.3 is 0 Å². The van der Waals surface area contributed by atoms with Crippen LogP contribution in [0.3, 0.4) is 0 Å². The molecular weight excluding hydrogens is 382 g/mol. The van der Waals surface area contributed by atoms with Gasteiger partial charge < -0.3 is 5.32 Å². The van der Waals surface area contributed by atoms with Gasteiger partial charge in [-0.15, -0.1) is 11.3 Å². The van der Waals surface area contributed by atoms with Gasteiger partial charge in [-0.05, 0) is 56.7 Å². The fraction of sp³-hybridized carbons (Fsp3) is 0.474. The molecule has 1 aliphatic carbocycles. The molecule has 0 aliphatic heterocycles. The maximum Gasteiger partial charge on any atom is 0.240 e. The molecule has 0 atom stereocenters. The van der Waals surface area contributed by atoms with E-state index in [0.717, 1.165) is 30.5 Å². The number of thiazole rings is 1. The molecule has 0 unspecified atom stereocenters. The minimum atomic E-state index is -3.63. The molecule has 1 amide bonds.